The Kier molecular flexibility index (Phi) is 4.37. The lowest BCUT2D eigenvalue weighted by atomic mass is 9.77. The molecular formula is C13H20ClN3. The van der Waals surface area contributed by atoms with Crippen molar-refractivity contribution in [2.24, 2.45) is 17.7 Å². The second-order valence-corrected chi connectivity index (χ2v) is 5.47. The molecule has 0 aromatic carbocycles. The van der Waals surface area contributed by atoms with Crippen LogP contribution in [0.15, 0.2) is 18.5 Å². The summed E-state index contributed by atoms with van der Waals surface area (Å²) in [6.45, 7) is 2.32. The number of hydrazine groups is 1. The highest BCUT2D eigenvalue weighted by molar-refractivity contribution is 6.31. The molecule has 1 unspecified atom stereocenters. The molecule has 1 atom stereocenters. The molecule has 1 fully saturated rings. The van der Waals surface area contributed by atoms with E-state index < -0.39 is 0 Å². The largest absolute Gasteiger partial charge is 0.271 e. The van der Waals surface area contributed by atoms with Gasteiger partial charge >= 0.3 is 0 Å². The van der Waals surface area contributed by atoms with Crippen molar-refractivity contribution in [1.29, 1.82) is 0 Å². The molecule has 17 heavy (non-hydrogen) atoms. The lowest BCUT2D eigenvalue weighted by Crippen LogP contribution is -2.35. The predicted octanol–water partition coefficient (Wildman–Crippen LogP) is 3.07. The van der Waals surface area contributed by atoms with Gasteiger partial charge < -0.3 is 0 Å². The van der Waals surface area contributed by atoms with Crippen molar-refractivity contribution in [2.45, 2.75) is 38.6 Å². The molecule has 1 aliphatic carbocycles. The van der Waals surface area contributed by atoms with E-state index in [2.05, 4.69) is 17.3 Å². The van der Waals surface area contributed by atoms with Crippen LogP contribution in [0.5, 0.6) is 0 Å². The summed E-state index contributed by atoms with van der Waals surface area (Å²) in [5.74, 6) is 7.13. The lowest BCUT2D eigenvalue weighted by molar-refractivity contribution is 0.232. The van der Waals surface area contributed by atoms with E-state index in [1.807, 2.05) is 6.07 Å². The molecule has 1 saturated carbocycles. The number of rotatable bonds is 3. The monoisotopic (exact) mass is 253 g/mol. The molecule has 1 aromatic heterocycles. The van der Waals surface area contributed by atoms with Gasteiger partial charge in [-0.25, -0.2) is 0 Å². The van der Waals surface area contributed by atoms with Crippen LogP contribution in [0.25, 0.3) is 0 Å². The first kappa shape index (κ1) is 12.8. The highest BCUT2D eigenvalue weighted by Gasteiger charge is 2.27. The third-order valence-electron chi connectivity index (χ3n) is 3.85. The minimum Gasteiger partial charge on any atom is -0.271 e. The fraction of sp³-hybridized carbons (Fsp3) is 0.615. The Labute approximate surface area is 108 Å². The molecule has 2 rings (SSSR count). The second-order valence-electron chi connectivity index (χ2n) is 5.06. The maximum Gasteiger partial charge on any atom is 0.0637 e. The van der Waals surface area contributed by atoms with Crippen molar-refractivity contribution in [1.82, 2.24) is 10.4 Å². The number of aromatic nitrogens is 1. The molecule has 3 nitrogen and oxygen atoms in total. The van der Waals surface area contributed by atoms with Crippen LogP contribution in [0, 0.1) is 11.8 Å². The maximum absolute atomic E-state index is 6.19. The fourth-order valence-electron chi connectivity index (χ4n) is 2.74. The summed E-state index contributed by atoms with van der Waals surface area (Å²) in [5.41, 5.74) is 4.00. The Bertz CT molecular complexity index is 361. The van der Waals surface area contributed by atoms with E-state index in [-0.39, 0.29) is 6.04 Å². The molecule has 0 amide bonds. The Balaban J connectivity index is 2.14. The van der Waals surface area contributed by atoms with Crippen molar-refractivity contribution >= 4 is 11.6 Å². The van der Waals surface area contributed by atoms with Crippen LogP contribution >= 0.6 is 11.6 Å². The smallest absolute Gasteiger partial charge is 0.0637 e. The molecule has 4 heteroatoms. The molecular weight excluding hydrogens is 234 g/mol. The average molecular weight is 254 g/mol. The van der Waals surface area contributed by atoms with Crippen LogP contribution in [-0.2, 0) is 0 Å². The molecule has 1 aromatic rings. The molecule has 0 spiro atoms. The highest BCUT2D eigenvalue weighted by atomic mass is 35.5. The topological polar surface area (TPSA) is 50.9 Å². The van der Waals surface area contributed by atoms with Gasteiger partial charge in [0.2, 0.25) is 0 Å². The number of hydrogen-bond acceptors (Lipinski definition) is 3. The molecule has 0 aliphatic heterocycles. The Morgan fingerprint density at radius 1 is 1.41 bits per heavy atom. The molecule has 1 aliphatic rings. The molecule has 94 valence electrons. The number of halogens is 1. The molecule has 1 heterocycles. The van der Waals surface area contributed by atoms with Gasteiger partial charge in [-0.05, 0) is 36.3 Å². The first-order valence-corrected chi connectivity index (χ1v) is 6.65. The van der Waals surface area contributed by atoms with E-state index in [1.54, 1.807) is 12.4 Å². The minimum absolute atomic E-state index is 0.151. The van der Waals surface area contributed by atoms with Crippen molar-refractivity contribution in [3.8, 4) is 0 Å². The van der Waals surface area contributed by atoms with Crippen molar-refractivity contribution < 1.29 is 0 Å². The van der Waals surface area contributed by atoms with Crippen LogP contribution in [-0.4, -0.2) is 4.98 Å². The van der Waals surface area contributed by atoms with Crippen molar-refractivity contribution in [3.05, 3.63) is 29.0 Å². The third-order valence-corrected chi connectivity index (χ3v) is 4.17. The van der Waals surface area contributed by atoms with Crippen molar-refractivity contribution in [3.63, 3.8) is 0 Å². The number of nitrogens with one attached hydrogen (secondary N) is 1. The van der Waals surface area contributed by atoms with Gasteiger partial charge in [-0.15, -0.1) is 0 Å². The van der Waals surface area contributed by atoms with Gasteiger partial charge in [-0.2, -0.15) is 0 Å². The van der Waals surface area contributed by atoms with Gasteiger partial charge in [0.05, 0.1) is 11.1 Å². The van der Waals surface area contributed by atoms with Crippen LogP contribution in [0.1, 0.15) is 44.2 Å². The number of nitrogens with zero attached hydrogens (tertiary/aromatic N) is 1. The quantitative estimate of drug-likeness (QED) is 0.643. The third kappa shape index (κ3) is 2.97. The Morgan fingerprint density at radius 3 is 2.71 bits per heavy atom. The van der Waals surface area contributed by atoms with E-state index in [0.717, 1.165) is 11.5 Å². The zero-order valence-corrected chi connectivity index (χ0v) is 11.0. The van der Waals surface area contributed by atoms with E-state index in [0.29, 0.717) is 10.9 Å². The van der Waals surface area contributed by atoms with Gasteiger partial charge in [0.25, 0.3) is 0 Å². The summed E-state index contributed by atoms with van der Waals surface area (Å²) in [6.07, 6.45) is 8.46. The van der Waals surface area contributed by atoms with Crippen LogP contribution < -0.4 is 11.3 Å². The number of pyridine rings is 1. The second kappa shape index (κ2) is 5.80. The Morgan fingerprint density at radius 2 is 2.12 bits per heavy atom. The molecule has 3 N–H and O–H groups in total. The summed E-state index contributed by atoms with van der Waals surface area (Å²) in [5, 5.41) is 0.703. The number of hydrogen-bond donors (Lipinski definition) is 2. The summed E-state index contributed by atoms with van der Waals surface area (Å²) < 4.78 is 0. The normalized spacial score (nSPS) is 26.8. The van der Waals surface area contributed by atoms with Crippen LogP contribution in [0.2, 0.25) is 5.02 Å². The first-order chi connectivity index (χ1) is 8.22. The first-order valence-electron chi connectivity index (χ1n) is 6.28. The summed E-state index contributed by atoms with van der Waals surface area (Å²) in [7, 11) is 0. The maximum atomic E-state index is 6.19. The van der Waals surface area contributed by atoms with Gasteiger partial charge in [0, 0.05) is 12.4 Å². The van der Waals surface area contributed by atoms with Gasteiger partial charge in [0.1, 0.15) is 0 Å². The van der Waals surface area contributed by atoms with E-state index >= 15 is 0 Å². The van der Waals surface area contributed by atoms with Gasteiger partial charge in [-0.3, -0.25) is 16.3 Å². The predicted molar refractivity (Wildman–Crippen MR) is 70.4 cm³/mol. The summed E-state index contributed by atoms with van der Waals surface area (Å²) in [6, 6.07) is 2.11. The standard InChI is InChI=1S/C13H20ClN3/c1-9-2-4-10(5-3-9)13(17-15)11-6-7-16-8-12(11)14/h6-10,13,17H,2-5,15H2,1H3. The average Bonchev–Trinajstić information content (AvgIpc) is 2.35. The Hall–Kier alpha value is -0.640. The van der Waals surface area contributed by atoms with Crippen LogP contribution in [0.3, 0.4) is 0 Å². The zero-order chi connectivity index (χ0) is 12.3. The van der Waals surface area contributed by atoms with E-state index in [4.69, 9.17) is 17.4 Å². The fourth-order valence-corrected chi connectivity index (χ4v) is 2.97. The van der Waals surface area contributed by atoms with Gasteiger partial charge in [-0.1, -0.05) is 31.4 Å². The molecule has 0 radical (unpaired) electrons. The zero-order valence-electron chi connectivity index (χ0n) is 10.2. The molecule has 0 saturated heterocycles. The summed E-state index contributed by atoms with van der Waals surface area (Å²) >= 11 is 6.19. The van der Waals surface area contributed by atoms with Crippen LogP contribution in [0.4, 0.5) is 0 Å². The van der Waals surface area contributed by atoms with Gasteiger partial charge in [0.15, 0.2) is 0 Å². The minimum atomic E-state index is 0.151. The summed E-state index contributed by atoms with van der Waals surface area (Å²) in [4.78, 5) is 4.02. The molecule has 0 bridgehead atoms. The lowest BCUT2D eigenvalue weighted by Gasteiger charge is -2.32. The van der Waals surface area contributed by atoms with E-state index in [9.17, 15) is 0 Å². The van der Waals surface area contributed by atoms with Crippen molar-refractivity contribution in [2.75, 3.05) is 0 Å². The highest BCUT2D eigenvalue weighted by Crippen LogP contribution is 2.37. The van der Waals surface area contributed by atoms with E-state index in [1.165, 1.54) is 25.7 Å². The number of nitrogens with two attached hydrogens (primary N) is 1. The SMILES string of the molecule is CC1CCC(C(NN)c2ccncc2Cl)CC1.